The third kappa shape index (κ3) is 4.86. The molecule has 8 nitrogen and oxygen atoms in total. The number of aromatic nitrogens is 5. The number of nitrogens with zero attached hydrogens (tertiary/aromatic N) is 5. The van der Waals surface area contributed by atoms with Crippen LogP contribution in [0.4, 0.5) is 5.69 Å². The second kappa shape index (κ2) is 9.34. The number of rotatable bonds is 6. The number of anilines is 1. The van der Waals surface area contributed by atoms with E-state index in [4.69, 9.17) is 9.84 Å². The third-order valence-electron chi connectivity index (χ3n) is 5.50. The zero-order valence-electron chi connectivity index (χ0n) is 19.6. The van der Waals surface area contributed by atoms with E-state index in [1.165, 1.54) is 0 Å². The van der Waals surface area contributed by atoms with Crippen molar-refractivity contribution in [2.75, 3.05) is 5.32 Å². The highest BCUT2D eigenvalue weighted by Gasteiger charge is 2.16. The summed E-state index contributed by atoms with van der Waals surface area (Å²) < 4.78 is 7.58. The largest absolute Gasteiger partial charge is 0.481 e. The summed E-state index contributed by atoms with van der Waals surface area (Å²) in [5, 5.41) is 16.2. The van der Waals surface area contributed by atoms with Gasteiger partial charge >= 0.3 is 0 Å². The molecule has 2 aromatic carbocycles. The van der Waals surface area contributed by atoms with Gasteiger partial charge in [0.25, 0.3) is 5.91 Å². The van der Waals surface area contributed by atoms with E-state index in [-0.39, 0.29) is 5.91 Å². The second-order valence-electron chi connectivity index (χ2n) is 8.40. The fourth-order valence-corrected chi connectivity index (χ4v) is 3.88. The molecule has 1 amide bonds. The molecular weight excluding hydrogens is 440 g/mol. The lowest BCUT2D eigenvalue weighted by Crippen LogP contribution is -2.30. The summed E-state index contributed by atoms with van der Waals surface area (Å²) in [4.78, 5) is 16.9. The van der Waals surface area contributed by atoms with Crippen LogP contribution in [0.5, 0.6) is 5.75 Å². The maximum Gasteiger partial charge on any atom is 0.265 e. The van der Waals surface area contributed by atoms with E-state index in [0.717, 1.165) is 27.9 Å². The Morgan fingerprint density at radius 2 is 1.69 bits per heavy atom. The van der Waals surface area contributed by atoms with Gasteiger partial charge in [-0.25, -0.2) is 0 Å². The van der Waals surface area contributed by atoms with Crippen LogP contribution in [0.2, 0.25) is 0 Å². The summed E-state index contributed by atoms with van der Waals surface area (Å²) in [6.45, 7) is 5.74. The highest BCUT2D eigenvalue weighted by molar-refractivity contribution is 5.94. The van der Waals surface area contributed by atoms with Crippen molar-refractivity contribution in [2.45, 2.75) is 26.9 Å². The monoisotopic (exact) mass is 464 g/mol. The first-order chi connectivity index (χ1) is 17.0. The Morgan fingerprint density at radius 1 is 0.914 bits per heavy atom. The zero-order chi connectivity index (χ0) is 24.4. The Hall–Kier alpha value is -4.59. The van der Waals surface area contributed by atoms with Crippen molar-refractivity contribution in [3.05, 3.63) is 90.3 Å². The lowest BCUT2D eigenvalue weighted by Gasteiger charge is -2.16. The molecule has 35 heavy (non-hydrogen) atoms. The molecule has 0 saturated heterocycles. The van der Waals surface area contributed by atoms with Crippen molar-refractivity contribution >= 4 is 17.2 Å². The zero-order valence-corrected chi connectivity index (χ0v) is 19.6. The van der Waals surface area contributed by atoms with Gasteiger partial charge in [-0.15, -0.1) is 10.2 Å². The van der Waals surface area contributed by atoms with E-state index in [2.05, 4.69) is 26.6 Å². The van der Waals surface area contributed by atoms with E-state index < -0.39 is 6.10 Å². The van der Waals surface area contributed by atoms with Crippen LogP contribution in [0, 0.1) is 13.8 Å². The van der Waals surface area contributed by atoms with Gasteiger partial charge in [0.15, 0.2) is 17.6 Å². The Labute approximate surface area is 202 Å². The average Bonchev–Trinajstić information content (AvgIpc) is 3.27. The normalized spacial score (nSPS) is 11.9. The number of hydrogen-bond acceptors (Lipinski definition) is 6. The molecule has 0 aliphatic heterocycles. The molecule has 0 aliphatic carbocycles. The number of pyridine rings is 1. The van der Waals surface area contributed by atoms with Crippen molar-refractivity contribution in [1.29, 1.82) is 0 Å². The third-order valence-corrected chi connectivity index (χ3v) is 5.50. The van der Waals surface area contributed by atoms with Gasteiger partial charge < -0.3 is 10.1 Å². The van der Waals surface area contributed by atoms with E-state index in [1.807, 2.05) is 74.5 Å². The lowest BCUT2D eigenvalue weighted by molar-refractivity contribution is -0.122. The number of carbonyl (C=O) groups excluding carboxylic acids is 1. The van der Waals surface area contributed by atoms with E-state index in [1.54, 1.807) is 23.8 Å². The number of hydrogen-bond donors (Lipinski definition) is 1. The van der Waals surface area contributed by atoms with Crippen molar-refractivity contribution in [3.63, 3.8) is 0 Å². The first-order valence-corrected chi connectivity index (χ1v) is 11.3. The number of nitrogens with one attached hydrogen (secondary N) is 1. The van der Waals surface area contributed by atoms with Gasteiger partial charge in [-0.05, 0) is 80.4 Å². The maximum atomic E-state index is 12.8. The van der Waals surface area contributed by atoms with Crippen LogP contribution >= 0.6 is 0 Å². The summed E-state index contributed by atoms with van der Waals surface area (Å²) in [5.74, 6) is 1.07. The molecule has 8 heteroatoms. The Bertz CT molecular complexity index is 1490. The topological polar surface area (TPSA) is 94.3 Å². The standard InChI is InChI=1S/C27H24N6O2/c1-17-13-18(2)15-23(14-17)35-19(3)27(34)29-22-6-4-5-21(16-22)24-7-8-25-30-31-26(33(25)32-24)20-9-11-28-12-10-20/h4-16,19H,1-3H3,(H,29,34). The van der Waals surface area contributed by atoms with Crippen LogP contribution in [0.15, 0.2) is 79.1 Å². The predicted molar refractivity (Wildman–Crippen MR) is 134 cm³/mol. The average molecular weight is 465 g/mol. The molecule has 0 saturated carbocycles. The summed E-state index contributed by atoms with van der Waals surface area (Å²) in [7, 11) is 0. The van der Waals surface area contributed by atoms with Gasteiger partial charge in [0.05, 0.1) is 5.69 Å². The minimum atomic E-state index is -0.658. The number of fused-ring (bicyclic) bond motifs is 1. The van der Waals surface area contributed by atoms with Crippen LogP contribution < -0.4 is 10.1 Å². The minimum absolute atomic E-state index is 0.233. The quantitative estimate of drug-likeness (QED) is 0.385. The van der Waals surface area contributed by atoms with Crippen molar-refractivity contribution in [2.24, 2.45) is 0 Å². The Balaban J connectivity index is 1.36. The van der Waals surface area contributed by atoms with Crippen LogP contribution in [0.3, 0.4) is 0 Å². The molecule has 5 rings (SSSR count). The smallest absolute Gasteiger partial charge is 0.265 e. The van der Waals surface area contributed by atoms with Crippen LogP contribution in [-0.2, 0) is 4.79 Å². The van der Waals surface area contributed by atoms with Gasteiger partial charge in [0, 0.05) is 29.2 Å². The molecule has 0 aliphatic rings. The molecule has 0 bridgehead atoms. The highest BCUT2D eigenvalue weighted by Crippen LogP contribution is 2.24. The van der Waals surface area contributed by atoms with Crippen molar-refractivity contribution in [1.82, 2.24) is 24.8 Å². The van der Waals surface area contributed by atoms with Crippen LogP contribution in [0.25, 0.3) is 28.3 Å². The van der Waals surface area contributed by atoms with Gasteiger partial charge in [0.1, 0.15) is 5.75 Å². The van der Waals surface area contributed by atoms with Crippen LogP contribution in [0.1, 0.15) is 18.1 Å². The fourth-order valence-electron chi connectivity index (χ4n) is 3.88. The van der Waals surface area contributed by atoms with Crippen molar-refractivity contribution < 1.29 is 9.53 Å². The van der Waals surface area contributed by atoms with Gasteiger partial charge in [0.2, 0.25) is 0 Å². The Morgan fingerprint density at radius 3 is 2.46 bits per heavy atom. The van der Waals surface area contributed by atoms with Crippen molar-refractivity contribution in [3.8, 4) is 28.4 Å². The first-order valence-electron chi connectivity index (χ1n) is 11.3. The number of aryl methyl sites for hydroxylation is 2. The fraction of sp³-hybridized carbons (Fsp3) is 0.148. The molecule has 3 heterocycles. The van der Waals surface area contributed by atoms with E-state index in [0.29, 0.717) is 22.9 Å². The summed E-state index contributed by atoms with van der Waals surface area (Å²) in [5.41, 5.74) is 5.92. The summed E-state index contributed by atoms with van der Waals surface area (Å²) in [6.07, 6.45) is 2.75. The Kier molecular flexibility index (Phi) is 5.93. The number of benzene rings is 2. The minimum Gasteiger partial charge on any atom is -0.481 e. The molecule has 174 valence electrons. The first kappa shape index (κ1) is 22.2. The van der Waals surface area contributed by atoms with Gasteiger partial charge in [-0.3, -0.25) is 9.78 Å². The molecule has 0 radical (unpaired) electrons. The lowest BCUT2D eigenvalue weighted by atomic mass is 10.1. The molecule has 1 N–H and O–H groups in total. The molecule has 5 aromatic rings. The molecule has 1 atom stereocenters. The maximum absolute atomic E-state index is 12.8. The molecule has 1 unspecified atom stereocenters. The molecular formula is C27H24N6O2. The van der Waals surface area contributed by atoms with E-state index in [9.17, 15) is 4.79 Å². The summed E-state index contributed by atoms with van der Waals surface area (Å²) >= 11 is 0. The molecule has 3 aromatic heterocycles. The number of carbonyl (C=O) groups is 1. The molecule has 0 fully saturated rings. The number of amides is 1. The highest BCUT2D eigenvalue weighted by atomic mass is 16.5. The van der Waals surface area contributed by atoms with Crippen LogP contribution in [-0.4, -0.2) is 36.8 Å². The van der Waals surface area contributed by atoms with Gasteiger partial charge in [-0.1, -0.05) is 18.2 Å². The van der Waals surface area contributed by atoms with E-state index >= 15 is 0 Å². The summed E-state index contributed by atoms with van der Waals surface area (Å²) in [6, 6.07) is 20.9. The second-order valence-corrected chi connectivity index (χ2v) is 8.40. The number of ether oxygens (including phenoxy) is 1. The van der Waals surface area contributed by atoms with Gasteiger partial charge in [-0.2, -0.15) is 9.61 Å². The SMILES string of the molecule is Cc1cc(C)cc(OC(C)C(=O)Nc2cccc(-c3ccc4nnc(-c5ccncc5)n4n3)c2)c1. The predicted octanol–water partition coefficient (Wildman–Crippen LogP) is 4.88. The molecule has 0 spiro atoms.